The van der Waals surface area contributed by atoms with Crippen molar-refractivity contribution in [1.82, 2.24) is 14.9 Å². The number of imidazole rings is 1. The molecule has 0 unspecified atom stereocenters. The molecule has 3 N–H and O–H groups in total. The molecule has 0 aliphatic rings. The first kappa shape index (κ1) is 14.5. The molecule has 2 rings (SSSR count). The second-order valence-electron chi connectivity index (χ2n) is 4.26. The highest BCUT2D eigenvalue weighted by Gasteiger charge is 2.11. The van der Waals surface area contributed by atoms with Gasteiger partial charge in [-0.2, -0.15) is 0 Å². The lowest BCUT2D eigenvalue weighted by Gasteiger charge is -2.09. The van der Waals surface area contributed by atoms with Crippen LogP contribution < -0.4 is 15.8 Å². The Labute approximate surface area is 121 Å². The average molecular weight is 297 g/mol. The second kappa shape index (κ2) is 6.47. The molecule has 2 amide bonds. The Balaban J connectivity index is 2.32. The van der Waals surface area contributed by atoms with E-state index in [4.69, 9.17) is 22.1 Å². The van der Waals surface area contributed by atoms with Gasteiger partial charge >= 0.3 is 6.03 Å². The Kier molecular flexibility index (Phi) is 4.68. The molecule has 20 heavy (non-hydrogen) atoms. The summed E-state index contributed by atoms with van der Waals surface area (Å²) < 4.78 is 7.23. The maximum atomic E-state index is 10.7. The summed E-state index contributed by atoms with van der Waals surface area (Å²) in [6, 6.07) is 5.18. The number of primary amides is 1. The van der Waals surface area contributed by atoms with Crippen molar-refractivity contribution < 1.29 is 9.53 Å². The van der Waals surface area contributed by atoms with Crippen LogP contribution in [0.3, 0.4) is 0 Å². The standard InChI is InChI=1S/C13H17ClN4O2/c1-20-9-2-3-11-10(8-9)17-12(4-5-14)18(11)7-6-16-13(15)19/h2-3,8H,4-7H2,1H3,(H3,15,16,19). The van der Waals surface area contributed by atoms with Gasteiger partial charge in [0.25, 0.3) is 0 Å². The van der Waals surface area contributed by atoms with Crippen LogP contribution in [0.15, 0.2) is 18.2 Å². The van der Waals surface area contributed by atoms with Crippen LogP contribution in [0.5, 0.6) is 5.75 Å². The van der Waals surface area contributed by atoms with Gasteiger partial charge in [0.15, 0.2) is 0 Å². The average Bonchev–Trinajstić information content (AvgIpc) is 2.76. The third-order valence-electron chi connectivity index (χ3n) is 2.99. The Morgan fingerprint density at radius 2 is 2.35 bits per heavy atom. The number of halogens is 1. The summed E-state index contributed by atoms with van der Waals surface area (Å²) in [7, 11) is 1.62. The van der Waals surface area contributed by atoms with Crippen molar-refractivity contribution in [2.75, 3.05) is 19.5 Å². The number of nitrogens with zero attached hydrogens (tertiary/aromatic N) is 2. The molecule has 0 aliphatic carbocycles. The second-order valence-corrected chi connectivity index (χ2v) is 4.64. The number of benzene rings is 1. The molecule has 0 radical (unpaired) electrons. The summed E-state index contributed by atoms with van der Waals surface area (Å²) in [5, 5.41) is 2.57. The number of rotatable bonds is 6. The lowest BCUT2D eigenvalue weighted by atomic mass is 10.3. The van der Waals surface area contributed by atoms with Crippen molar-refractivity contribution in [1.29, 1.82) is 0 Å². The van der Waals surface area contributed by atoms with E-state index in [0.29, 0.717) is 25.4 Å². The number of nitrogens with two attached hydrogens (primary N) is 1. The number of carbonyl (C=O) groups excluding carboxylic acids is 1. The van der Waals surface area contributed by atoms with Crippen LogP contribution in [-0.2, 0) is 13.0 Å². The predicted molar refractivity (Wildman–Crippen MR) is 78.3 cm³/mol. The molecule has 1 aromatic heterocycles. The number of methoxy groups -OCH3 is 1. The summed E-state index contributed by atoms with van der Waals surface area (Å²) in [5.41, 5.74) is 6.90. The van der Waals surface area contributed by atoms with Crippen molar-refractivity contribution in [3.05, 3.63) is 24.0 Å². The van der Waals surface area contributed by atoms with Gasteiger partial charge in [0, 0.05) is 31.5 Å². The van der Waals surface area contributed by atoms with Crippen LogP contribution in [0.25, 0.3) is 11.0 Å². The van der Waals surface area contributed by atoms with Gasteiger partial charge < -0.3 is 20.4 Å². The Bertz CT molecular complexity index is 612. The smallest absolute Gasteiger partial charge is 0.312 e. The zero-order valence-corrected chi connectivity index (χ0v) is 12.0. The van der Waals surface area contributed by atoms with E-state index in [1.165, 1.54) is 0 Å². The molecule has 1 heterocycles. The summed E-state index contributed by atoms with van der Waals surface area (Å²) >= 11 is 5.81. The molecule has 0 bridgehead atoms. The summed E-state index contributed by atoms with van der Waals surface area (Å²) in [4.78, 5) is 15.3. The van der Waals surface area contributed by atoms with Gasteiger partial charge in [-0.15, -0.1) is 11.6 Å². The summed E-state index contributed by atoms with van der Waals surface area (Å²) in [5.74, 6) is 2.13. The van der Waals surface area contributed by atoms with E-state index in [1.54, 1.807) is 7.11 Å². The van der Waals surface area contributed by atoms with Gasteiger partial charge in [-0.3, -0.25) is 0 Å². The minimum atomic E-state index is -0.532. The van der Waals surface area contributed by atoms with E-state index in [1.807, 2.05) is 22.8 Å². The minimum Gasteiger partial charge on any atom is -0.497 e. The number of carbonyl (C=O) groups is 1. The highest BCUT2D eigenvalue weighted by atomic mass is 35.5. The van der Waals surface area contributed by atoms with Crippen molar-refractivity contribution in [2.45, 2.75) is 13.0 Å². The highest BCUT2D eigenvalue weighted by Crippen LogP contribution is 2.22. The molecule has 0 saturated heterocycles. The minimum absolute atomic E-state index is 0.447. The van der Waals surface area contributed by atoms with Gasteiger partial charge in [0.05, 0.1) is 18.1 Å². The fourth-order valence-electron chi connectivity index (χ4n) is 2.10. The van der Waals surface area contributed by atoms with Crippen LogP contribution in [0.1, 0.15) is 5.82 Å². The number of ether oxygens (including phenoxy) is 1. The third kappa shape index (κ3) is 3.14. The van der Waals surface area contributed by atoms with Gasteiger partial charge in [0.2, 0.25) is 0 Å². The van der Waals surface area contributed by atoms with Crippen LogP contribution in [0.4, 0.5) is 4.79 Å². The molecule has 7 heteroatoms. The SMILES string of the molecule is COc1ccc2c(c1)nc(CCCl)n2CCNC(N)=O. The summed E-state index contributed by atoms with van der Waals surface area (Å²) in [6.07, 6.45) is 0.662. The van der Waals surface area contributed by atoms with Crippen molar-refractivity contribution >= 4 is 28.7 Å². The molecular weight excluding hydrogens is 280 g/mol. The molecule has 2 aromatic rings. The van der Waals surface area contributed by atoms with E-state index in [-0.39, 0.29) is 0 Å². The maximum absolute atomic E-state index is 10.7. The first-order valence-electron chi connectivity index (χ1n) is 6.28. The molecule has 1 aromatic carbocycles. The van der Waals surface area contributed by atoms with Gasteiger partial charge in [-0.1, -0.05) is 0 Å². The lowest BCUT2D eigenvalue weighted by molar-refractivity contribution is 0.248. The number of alkyl halides is 1. The number of urea groups is 1. The Hall–Kier alpha value is -1.95. The molecule has 108 valence electrons. The molecular formula is C13H17ClN4O2. The number of aryl methyl sites for hydroxylation is 1. The lowest BCUT2D eigenvalue weighted by Crippen LogP contribution is -2.32. The van der Waals surface area contributed by atoms with Gasteiger partial charge in [-0.25, -0.2) is 9.78 Å². The normalized spacial score (nSPS) is 10.7. The van der Waals surface area contributed by atoms with Crippen molar-refractivity contribution in [3.63, 3.8) is 0 Å². The van der Waals surface area contributed by atoms with E-state index in [0.717, 1.165) is 22.6 Å². The number of fused-ring (bicyclic) bond motifs is 1. The molecule has 0 atom stereocenters. The first-order chi connectivity index (χ1) is 9.65. The van der Waals surface area contributed by atoms with Crippen LogP contribution in [0, 0.1) is 0 Å². The maximum Gasteiger partial charge on any atom is 0.312 e. The predicted octanol–water partition coefficient (Wildman–Crippen LogP) is 1.49. The van der Waals surface area contributed by atoms with E-state index < -0.39 is 6.03 Å². The molecule has 0 fully saturated rings. The molecule has 0 saturated carbocycles. The zero-order valence-electron chi connectivity index (χ0n) is 11.2. The quantitative estimate of drug-likeness (QED) is 0.792. The largest absolute Gasteiger partial charge is 0.497 e. The van der Waals surface area contributed by atoms with Gasteiger partial charge in [-0.05, 0) is 12.1 Å². The number of hydrogen-bond donors (Lipinski definition) is 2. The molecule has 6 nitrogen and oxygen atoms in total. The van der Waals surface area contributed by atoms with Crippen molar-refractivity contribution in [3.8, 4) is 5.75 Å². The first-order valence-corrected chi connectivity index (χ1v) is 6.81. The van der Waals surface area contributed by atoms with Crippen LogP contribution in [0.2, 0.25) is 0 Å². The van der Waals surface area contributed by atoms with E-state index in [9.17, 15) is 4.79 Å². The monoisotopic (exact) mass is 296 g/mol. The topological polar surface area (TPSA) is 82.2 Å². The van der Waals surface area contributed by atoms with E-state index >= 15 is 0 Å². The van der Waals surface area contributed by atoms with E-state index in [2.05, 4.69) is 10.3 Å². The number of hydrogen-bond acceptors (Lipinski definition) is 3. The fourth-order valence-corrected chi connectivity index (χ4v) is 2.27. The Morgan fingerprint density at radius 1 is 1.55 bits per heavy atom. The Morgan fingerprint density at radius 3 is 3.00 bits per heavy atom. The third-order valence-corrected chi connectivity index (χ3v) is 3.18. The highest BCUT2D eigenvalue weighted by molar-refractivity contribution is 6.17. The summed E-state index contributed by atoms with van der Waals surface area (Å²) in [6.45, 7) is 1.04. The number of aromatic nitrogens is 2. The zero-order chi connectivity index (χ0) is 14.5. The number of nitrogens with one attached hydrogen (secondary N) is 1. The molecule has 0 spiro atoms. The fraction of sp³-hybridized carbons (Fsp3) is 0.385. The van der Waals surface area contributed by atoms with Crippen LogP contribution in [-0.4, -0.2) is 35.1 Å². The number of amides is 2. The van der Waals surface area contributed by atoms with Gasteiger partial charge in [0.1, 0.15) is 11.6 Å². The molecule has 0 aliphatic heterocycles. The van der Waals surface area contributed by atoms with Crippen LogP contribution >= 0.6 is 11.6 Å². The van der Waals surface area contributed by atoms with Crippen molar-refractivity contribution in [2.24, 2.45) is 5.73 Å².